The molecule has 0 bridgehead atoms. The minimum atomic E-state index is 0.232. The van der Waals surface area contributed by atoms with Gasteiger partial charge in [0.15, 0.2) is 6.54 Å². The van der Waals surface area contributed by atoms with E-state index in [0.717, 1.165) is 11.0 Å². The number of nitrogens with zero attached hydrogens (tertiary/aromatic N) is 1. The van der Waals surface area contributed by atoms with Crippen LogP contribution in [0.5, 0.6) is 0 Å². The molecule has 0 aromatic carbocycles. The van der Waals surface area contributed by atoms with E-state index in [4.69, 9.17) is 0 Å². The standard InChI is InChI=1S/C9H16N2O/c1-11-5-3-2-4-8(11)6-10-9(12)7-11/h8H,2-7H2,1H3/p+1/t8-,11+/m1/s1. The molecule has 3 nitrogen and oxygen atoms in total. The van der Waals surface area contributed by atoms with Gasteiger partial charge >= 0.3 is 0 Å². The summed E-state index contributed by atoms with van der Waals surface area (Å²) in [6.45, 7) is 2.79. The van der Waals surface area contributed by atoms with E-state index in [0.29, 0.717) is 12.6 Å². The lowest BCUT2D eigenvalue weighted by molar-refractivity contribution is -0.932. The van der Waals surface area contributed by atoms with E-state index in [1.807, 2.05) is 0 Å². The summed E-state index contributed by atoms with van der Waals surface area (Å²) in [6, 6.07) is 0.691. The second-order valence-corrected chi connectivity index (χ2v) is 4.31. The summed E-state index contributed by atoms with van der Waals surface area (Å²) >= 11 is 0. The number of likely N-dealkylation sites (N-methyl/N-ethyl adjacent to an activating group) is 1. The Morgan fingerprint density at radius 1 is 1.50 bits per heavy atom. The molecular formula is C9H17N2O+. The van der Waals surface area contributed by atoms with Crippen molar-refractivity contribution < 1.29 is 9.28 Å². The van der Waals surface area contributed by atoms with Gasteiger partial charge in [0.1, 0.15) is 6.04 Å². The minimum absolute atomic E-state index is 0.232. The molecule has 0 saturated carbocycles. The summed E-state index contributed by atoms with van der Waals surface area (Å²) in [5, 5.41) is 2.95. The highest BCUT2D eigenvalue weighted by Crippen LogP contribution is 2.24. The van der Waals surface area contributed by atoms with Gasteiger partial charge in [-0.1, -0.05) is 0 Å². The van der Waals surface area contributed by atoms with E-state index in [-0.39, 0.29) is 5.91 Å². The van der Waals surface area contributed by atoms with Crippen molar-refractivity contribution in [2.45, 2.75) is 25.3 Å². The molecule has 0 radical (unpaired) electrons. The molecule has 0 aromatic rings. The Kier molecular flexibility index (Phi) is 1.83. The zero-order valence-corrected chi connectivity index (χ0v) is 7.68. The lowest BCUT2D eigenvalue weighted by Crippen LogP contribution is -2.66. The Balaban J connectivity index is 2.12. The van der Waals surface area contributed by atoms with Crippen LogP contribution in [-0.4, -0.2) is 43.1 Å². The third kappa shape index (κ3) is 1.22. The quantitative estimate of drug-likeness (QED) is 0.513. The fourth-order valence-electron chi connectivity index (χ4n) is 2.49. The summed E-state index contributed by atoms with van der Waals surface area (Å²) in [5.74, 6) is 0.232. The average molecular weight is 169 g/mol. The molecule has 1 N–H and O–H groups in total. The number of quaternary nitrogens is 1. The van der Waals surface area contributed by atoms with Gasteiger partial charge < -0.3 is 9.80 Å². The van der Waals surface area contributed by atoms with Gasteiger partial charge in [-0.3, -0.25) is 4.79 Å². The molecule has 0 spiro atoms. The SMILES string of the molecule is C[N@@+]12CCCC[C@@H]1CNC(=O)C2. The lowest BCUT2D eigenvalue weighted by atomic mass is 9.97. The Morgan fingerprint density at radius 2 is 2.33 bits per heavy atom. The maximum Gasteiger partial charge on any atom is 0.275 e. The molecule has 12 heavy (non-hydrogen) atoms. The summed E-state index contributed by atoms with van der Waals surface area (Å²) in [4.78, 5) is 11.2. The van der Waals surface area contributed by atoms with Crippen LogP contribution in [-0.2, 0) is 4.79 Å². The molecule has 2 aliphatic rings. The number of amides is 1. The maximum atomic E-state index is 11.2. The topological polar surface area (TPSA) is 29.1 Å². The number of hydrogen-bond donors (Lipinski definition) is 1. The molecule has 3 heteroatoms. The summed E-state index contributed by atoms with van der Waals surface area (Å²) < 4.78 is 0.992. The predicted molar refractivity (Wildman–Crippen MR) is 46.6 cm³/mol. The van der Waals surface area contributed by atoms with Crippen molar-refractivity contribution in [3.8, 4) is 0 Å². The van der Waals surface area contributed by atoms with E-state index in [2.05, 4.69) is 12.4 Å². The summed E-state index contributed by atoms with van der Waals surface area (Å²) in [7, 11) is 2.22. The highest BCUT2D eigenvalue weighted by atomic mass is 16.2. The second-order valence-electron chi connectivity index (χ2n) is 4.31. The molecule has 1 amide bonds. The van der Waals surface area contributed by atoms with Crippen LogP contribution in [0.3, 0.4) is 0 Å². The smallest absolute Gasteiger partial charge is 0.275 e. The number of carbonyl (C=O) groups is 1. The van der Waals surface area contributed by atoms with E-state index >= 15 is 0 Å². The third-order valence-electron chi connectivity index (χ3n) is 3.38. The first-order chi connectivity index (χ1) is 5.71. The number of hydrogen-bond acceptors (Lipinski definition) is 1. The third-order valence-corrected chi connectivity index (χ3v) is 3.38. The van der Waals surface area contributed by atoms with Gasteiger partial charge in [-0.05, 0) is 12.8 Å². The zero-order chi connectivity index (χ0) is 8.60. The normalized spacial score (nSPS) is 41.8. The number of piperidine rings is 1. The predicted octanol–water partition coefficient (Wildman–Crippen LogP) is 0.115. The summed E-state index contributed by atoms with van der Waals surface area (Å²) in [5.41, 5.74) is 0. The largest absolute Gasteiger partial charge is 0.345 e. The van der Waals surface area contributed by atoms with E-state index in [1.165, 1.54) is 25.8 Å². The Labute approximate surface area is 73.3 Å². The van der Waals surface area contributed by atoms with Crippen LogP contribution in [0.15, 0.2) is 0 Å². The number of piperazine rings is 1. The molecule has 2 saturated heterocycles. The van der Waals surface area contributed by atoms with E-state index in [9.17, 15) is 4.79 Å². The molecule has 0 aliphatic carbocycles. The van der Waals surface area contributed by atoms with Crippen molar-refractivity contribution in [2.75, 3.05) is 26.7 Å². The first-order valence-electron chi connectivity index (χ1n) is 4.82. The van der Waals surface area contributed by atoms with E-state index in [1.54, 1.807) is 0 Å². The van der Waals surface area contributed by atoms with Crippen LogP contribution in [0.2, 0.25) is 0 Å². The highest BCUT2D eigenvalue weighted by Gasteiger charge is 2.40. The Morgan fingerprint density at radius 3 is 3.17 bits per heavy atom. The molecule has 68 valence electrons. The number of fused-ring (bicyclic) bond motifs is 1. The number of nitrogens with one attached hydrogen (secondary N) is 1. The van der Waals surface area contributed by atoms with Crippen LogP contribution >= 0.6 is 0 Å². The number of rotatable bonds is 0. The Hall–Kier alpha value is -0.570. The molecule has 2 aliphatic heterocycles. The maximum absolute atomic E-state index is 11.2. The minimum Gasteiger partial charge on any atom is -0.345 e. The Bertz CT molecular complexity index is 205. The van der Waals surface area contributed by atoms with Crippen molar-refractivity contribution in [2.24, 2.45) is 0 Å². The van der Waals surface area contributed by atoms with Crippen LogP contribution in [0.1, 0.15) is 19.3 Å². The van der Waals surface area contributed by atoms with Gasteiger partial charge in [0.25, 0.3) is 5.91 Å². The molecule has 2 heterocycles. The molecule has 0 unspecified atom stereocenters. The lowest BCUT2D eigenvalue weighted by Gasteiger charge is -2.47. The summed E-state index contributed by atoms with van der Waals surface area (Å²) in [6.07, 6.45) is 3.92. The average Bonchev–Trinajstić information content (AvgIpc) is 2.02. The molecule has 2 fully saturated rings. The number of carbonyl (C=O) groups excluding carboxylic acids is 1. The zero-order valence-electron chi connectivity index (χ0n) is 7.68. The van der Waals surface area contributed by atoms with Gasteiger partial charge in [-0.2, -0.15) is 0 Å². The van der Waals surface area contributed by atoms with Crippen molar-refractivity contribution in [3.63, 3.8) is 0 Å². The van der Waals surface area contributed by atoms with Crippen molar-refractivity contribution in [1.29, 1.82) is 0 Å². The highest BCUT2D eigenvalue weighted by molar-refractivity contribution is 5.77. The monoisotopic (exact) mass is 169 g/mol. The fourth-order valence-corrected chi connectivity index (χ4v) is 2.49. The van der Waals surface area contributed by atoms with E-state index < -0.39 is 0 Å². The van der Waals surface area contributed by atoms with Gasteiger partial charge in [-0.25, -0.2) is 0 Å². The van der Waals surface area contributed by atoms with Gasteiger partial charge in [0.05, 0.1) is 20.1 Å². The van der Waals surface area contributed by atoms with Gasteiger partial charge in [0, 0.05) is 6.42 Å². The second kappa shape index (κ2) is 2.73. The molecule has 2 rings (SSSR count). The van der Waals surface area contributed by atoms with Crippen LogP contribution in [0.4, 0.5) is 0 Å². The van der Waals surface area contributed by atoms with Gasteiger partial charge in [-0.15, -0.1) is 0 Å². The fraction of sp³-hybridized carbons (Fsp3) is 0.889. The van der Waals surface area contributed by atoms with Crippen molar-refractivity contribution in [1.82, 2.24) is 5.32 Å². The van der Waals surface area contributed by atoms with Crippen LogP contribution < -0.4 is 5.32 Å². The first kappa shape index (κ1) is 8.05. The van der Waals surface area contributed by atoms with Crippen LogP contribution in [0, 0.1) is 0 Å². The van der Waals surface area contributed by atoms with Crippen LogP contribution in [0.25, 0.3) is 0 Å². The van der Waals surface area contributed by atoms with Crippen molar-refractivity contribution in [3.05, 3.63) is 0 Å². The molecular weight excluding hydrogens is 152 g/mol. The molecule has 2 atom stereocenters. The first-order valence-corrected chi connectivity index (χ1v) is 4.82. The van der Waals surface area contributed by atoms with Gasteiger partial charge in [0.2, 0.25) is 0 Å². The van der Waals surface area contributed by atoms with Crippen molar-refractivity contribution >= 4 is 5.91 Å². The molecule has 0 aromatic heterocycles.